The fourth-order valence-electron chi connectivity index (χ4n) is 1.24. The van der Waals surface area contributed by atoms with Crippen molar-refractivity contribution in [3.8, 4) is 5.75 Å². The number of hydrogen-bond donors (Lipinski definition) is 1. The predicted octanol–water partition coefficient (Wildman–Crippen LogP) is 2.74. The number of hydrogen-bond acceptors (Lipinski definition) is 2. The number of benzene rings is 1. The Morgan fingerprint density at radius 2 is 2.19 bits per heavy atom. The summed E-state index contributed by atoms with van der Waals surface area (Å²) in [6.45, 7) is 1.92. The van der Waals surface area contributed by atoms with Crippen LogP contribution in [0.15, 0.2) is 42.5 Å². The summed E-state index contributed by atoms with van der Waals surface area (Å²) in [6, 6.07) is 7.61. The highest BCUT2D eigenvalue weighted by Gasteiger charge is 1.96. The van der Waals surface area contributed by atoms with Crippen LogP contribution in [0, 0.1) is 0 Å². The van der Waals surface area contributed by atoms with Crippen LogP contribution in [0.1, 0.15) is 12.5 Å². The molecule has 1 aromatic carbocycles. The molecule has 0 radical (unpaired) electrons. The molecule has 0 fully saturated rings. The van der Waals surface area contributed by atoms with Crippen LogP contribution in [0.5, 0.6) is 5.75 Å². The van der Waals surface area contributed by atoms with E-state index in [0.29, 0.717) is 0 Å². The maximum atomic E-state index is 10.3. The largest absolute Gasteiger partial charge is 0.497 e. The smallest absolute Gasteiger partial charge is 0.328 e. The Balaban J connectivity index is 2.86. The molecule has 0 bridgehead atoms. The molecule has 3 heteroatoms. The normalized spacial score (nSPS) is 11.8. The van der Waals surface area contributed by atoms with Gasteiger partial charge in [0.1, 0.15) is 5.75 Å². The van der Waals surface area contributed by atoms with Gasteiger partial charge in [-0.15, -0.1) is 0 Å². The van der Waals surface area contributed by atoms with E-state index in [0.717, 1.165) is 23.0 Å². The number of allylic oxidation sites excluding steroid dienone is 3. The van der Waals surface area contributed by atoms with Crippen molar-refractivity contribution in [2.24, 2.45) is 0 Å². The maximum Gasteiger partial charge on any atom is 0.328 e. The lowest BCUT2D eigenvalue weighted by Crippen LogP contribution is -1.86. The van der Waals surface area contributed by atoms with Crippen LogP contribution < -0.4 is 4.74 Å². The first-order valence-corrected chi connectivity index (χ1v) is 4.86. The van der Waals surface area contributed by atoms with Crippen molar-refractivity contribution >= 4 is 11.5 Å². The van der Waals surface area contributed by atoms with Gasteiger partial charge in [-0.2, -0.15) is 0 Å². The highest BCUT2D eigenvalue weighted by Crippen LogP contribution is 2.19. The Morgan fingerprint density at radius 1 is 1.44 bits per heavy atom. The Kier molecular flexibility index (Phi) is 4.33. The first kappa shape index (κ1) is 12.0. The minimum Gasteiger partial charge on any atom is -0.497 e. The van der Waals surface area contributed by atoms with E-state index in [1.165, 1.54) is 6.08 Å². The minimum absolute atomic E-state index is 0.785. The molecular weight excluding hydrogens is 204 g/mol. The zero-order valence-electron chi connectivity index (χ0n) is 9.31. The van der Waals surface area contributed by atoms with Crippen molar-refractivity contribution < 1.29 is 14.6 Å². The molecular formula is C13H14O3. The summed E-state index contributed by atoms with van der Waals surface area (Å²) in [5.41, 5.74) is 1.99. The zero-order chi connectivity index (χ0) is 12.0. The second-order valence-electron chi connectivity index (χ2n) is 3.28. The number of carboxylic acid groups (broad SMARTS) is 1. The SMILES string of the molecule is COc1cccc(/C(C)=C/C=C/C(=O)O)c1. The monoisotopic (exact) mass is 218 g/mol. The molecule has 0 aromatic heterocycles. The summed E-state index contributed by atoms with van der Waals surface area (Å²) in [5.74, 6) is -0.165. The summed E-state index contributed by atoms with van der Waals surface area (Å²) in [5, 5.41) is 8.44. The summed E-state index contributed by atoms with van der Waals surface area (Å²) >= 11 is 0. The van der Waals surface area contributed by atoms with Gasteiger partial charge in [0, 0.05) is 6.08 Å². The number of methoxy groups -OCH3 is 1. The number of rotatable bonds is 4. The number of carbonyl (C=O) groups is 1. The predicted molar refractivity (Wildman–Crippen MR) is 63.4 cm³/mol. The third-order valence-corrected chi connectivity index (χ3v) is 2.11. The zero-order valence-corrected chi connectivity index (χ0v) is 9.31. The summed E-state index contributed by atoms with van der Waals surface area (Å²) in [7, 11) is 1.61. The average molecular weight is 218 g/mol. The minimum atomic E-state index is -0.949. The van der Waals surface area contributed by atoms with Gasteiger partial charge < -0.3 is 9.84 Å². The Hall–Kier alpha value is -2.03. The quantitative estimate of drug-likeness (QED) is 0.624. The Labute approximate surface area is 94.7 Å². The lowest BCUT2D eigenvalue weighted by atomic mass is 10.1. The third kappa shape index (κ3) is 3.61. The van der Waals surface area contributed by atoms with E-state index >= 15 is 0 Å². The molecule has 0 heterocycles. The Morgan fingerprint density at radius 3 is 2.81 bits per heavy atom. The van der Waals surface area contributed by atoms with Crippen molar-refractivity contribution in [2.45, 2.75) is 6.92 Å². The first-order valence-electron chi connectivity index (χ1n) is 4.86. The molecule has 16 heavy (non-hydrogen) atoms. The topological polar surface area (TPSA) is 46.5 Å². The van der Waals surface area contributed by atoms with Crippen LogP contribution in [0.4, 0.5) is 0 Å². The van der Waals surface area contributed by atoms with E-state index < -0.39 is 5.97 Å². The number of carboxylic acids is 1. The molecule has 0 aliphatic heterocycles. The fraction of sp³-hybridized carbons (Fsp3) is 0.154. The molecule has 0 spiro atoms. The van der Waals surface area contributed by atoms with Crippen molar-refractivity contribution in [2.75, 3.05) is 7.11 Å². The standard InChI is InChI=1S/C13H14O3/c1-10(5-3-8-13(14)15)11-6-4-7-12(9-11)16-2/h3-9H,1-2H3,(H,14,15)/b8-3+,10-5+. The molecule has 0 unspecified atom stereocenters. The molecule has 0 saturated carbocycles. The molecule has 3 nitrogen and oxygen atoms in total. The van der Waals surface area contributed by atoms with Crippen LogP contribution in [-0.2, 0) is 4.79 Å². The van der Waals surface area contributed by atoms with Gasteiger partial charge in [-0.1, -0.05) is 24.3 Å². The number of ether oxygens (including phenoxy) is 1. The van der Waals surface area contributed by atoms with Crippen LogP contribution in [0.25, 0.3) is 5.57 Å². The lowest BCUT2D eigenvalue weighted by Gasteiger charge is -2.03. The third-order valence-electron chi connectivity index (χ3n) is 2.11. The first-order chi connectivity index (χ1) is 7.63. The van der Waals surface area contributed by atoms with Gasteiger partial charge in [0.2, 0.25) is 0 Å². The average Bonchev–Trinajstić information content (AvgIpc) is 2.28. The lowest BCUT2D eigenvalue weighted by molar-refractivity contribution is -0.131. The van der Waals surface area contributed by atoms with Crippen molar-refractivity contribution in [1.82, 2.24) is 0 Å². The van der Waals surface area contributed by atoms with Gasteiger partial charge in [-0.3, -0.25) is 0 Å². The second-order valence-corrected chi connectivity index (χ2v) is 3.28. The highest BCUT2D eigenvalue weighted by molar-refractivity contribution is 5.80. The molecule has 1 aromatic rings. The van der Waals surface area contributed by atoms with Crippen LogP contribution in [-0.4, -0.2) is 18.2 Å². The van der Waals surface area contributed by atoms with Crippen molar-refractivity contribution in [3.05, 3.63) is 48.1 Å². The Bertz CT molecular complexity index is 431. The van der Waals surface area contributed by atoms with E-state index in [2.05, 4.69) is 0 Å². The summed E-state index contributed by atoms with van der Waals surface area (Å²) in [4.78, 5) is 10.3. The van der Waals surface area contributed by atoms with Gasteiger partial charge in [0.05, 0.1) is 7.11 Å². The van der Waals surface area contributed by atoms with E-state index in [1.807, 2.05) is 31.2 Å². The van der Waals surface area contributed by atoms with Crippen LogP contribution >= 0.6 is 0 Å². The molecule has 84 valence electrons. The van der Waals surface area contributed by atoms with Gasteiger partial charge >= 0.3 is 5.97 Å². The summed E-state index contributed by atoms with van der Waals surface area (Å²) in [6.07, 6.45) is 4.36. The molecule has 0 aliphatic carbocycles. The van der Waals surface area contributed by atoms with Gasteiger partial charge in [0.15, 0.2) is 0 Å². The van der Waals surface area contributed by atoms with Crippen LogP contribution in [0.3, 0.4) is 0 Å². The van der Waals surface area contributed by atoms with E-state index in [-0.39, 0.29) is 0 Å². The highest BCUT2D eigenvalue weighted by atomic mass is 16.5. The van der Waals surface area contributed by atoms with E-state index in [4.69, 9.17) is 9.84 Å². The molecule has 1 N–H and O–H groups in total. The van der Waals surface area contributed by atoms with Gasteiger partial charge in [0.25, 0.3) is 0 Å². The maximum absolute atomic E-state index is 10.3. The fourth-order valence-corrected chi connectivity index (χ4v) is 1.24. The van der Waals surface area contributed by atoms with Crippen molar-refractivity contribution in [3.63, 3.8) is 0 Å². The van der Waals surface area contributed by atoms with E-state index in [9.17, 15) is 4.79 Å². The van der Waals surface area contributed by atoms with Gasteiger partial charge in [-0.25, -0.2) is 4.79 Å². The molecule has 0 aliphatic rings. The molecule has 1 rings (SSSR count). The second kappa shape index (κ2) is 5.75. The molecule has 0 atom stereocenters. The summed E-state index contributed by atoms with van der Waals surface area (Å²) < 4.78 is 5.11. The van der Waals surface area contributed by atoms with Gasteiger partial charge in [-0.05, 0) is 30.2 Å². The van der Waals surface area contributed by atoms with E-state index in [1.54, 1.807) is 13.2 Å². The molecule has 0 saturated heterocycles. The van der Waals surface area contributed by atoms with Crippen LogP contribution in [0.2, 0.25) is 0 Å². The molecule has 0 amide bonds. The number of aliphatic carboxylic acids is 1. The van der Waals surface area contributed by atoms with Crippen molar-refractivity contribution in [1.29, 1.82) is 0 Å².